The lowest BCUT2D eigenvalue weighted by Gasteiger charge is -2.19. The largest absolute Gasteiger partial charge is 0.423 e. The third-order valence-corrected chi connectivity index (χ3v) is 7.03. The molecule has 0 spiro atoms. The Morgan fingerprint density at radius 3 is 2.31 bits per heavy atom. The summed E-state index contributed by atoms with van der Waals surface area (Å²) in [5, 5.41) is 0. The molecule has 0 unspecified atom stereocenters. The van der Waals surface area contributed by atoms with E-state index in [0.29, 0.717) is 28.8 Å². The molecule has 0 radical (unpaired) electrons. The van der Waals surface area contributed by atoms with Crippen molar-refractivity contribution in [3.63, 3.8) is 0 Å². The average Bonchev–Trinajstić information content (AvgIpc) is 3.39. The van der Waals surface area contributed by atoms with Crippen LogP contribution < -0.4 is 9.64 Å². The van der Waals surface area contributed by atoms with E-state index in [-0.39, 0.29) is 23.7 Å². The third kappa shape index (κ3) is 2.71. The van der Waals surface area contributed by atoms with E-state index in [2.05, 4.69) is 0 Å². The minimum atomic E-state index is -0.500. The molecule has 2 aromatic carbocycles. The summed E-state index contributed by atoms with van der Waals surface area (Å²) in [5.74, 6) is 0.130. The van der Waals surface area contributed by atoms with E-state index in [1.165, 1.54) is 4.90 Å². The topological polar surface area (TPSA) is 63.7 Å². The Balaban J connectivity index is 1.42. The van der Waals surface area contributed by atoms with Gasteiger partial charge in [0.1, 0.15) is 5.75 Å². The van der Waals surface area contributed by atoms with E-state index in [1.807, 2.05) is 26.0 Å². The molecule has 1 aliphatic heterocycles. The summed E-state index contributed by atoms with van der Waals surface area (Å²) in [6, 6.07) is 12.2. The van der Waals surface area contributed by atoms with E-state index >= 15 is 0 Å². The molecule has 148 valence electrons. The van der Waals surface area contributed by atoms with Crippen LogP contribution in [0.5, 0.6) is 5.75 Å². The zero-order valence-corrected chi connectivity index (χ0v) is 16.6. The predicted molar refractivity (Wildman–Crippen MR) is 108 cm³/mol. The Morgan fingerprint density at radius 2 is 1.62 bits per heavy atom. The first kappa shape index (κ1) is 18.1. The summed E-state index contributed by atoms with van der Waals surface area (Å²) in [4.78, 5) is 40.1. The Kier molecular flexibility index (Phi) is 4.09. The molecular formula is C24H23NO4. The molecule has 5 rings (SSSR count). The number of rotatable bonds is 3. The maximum atomic E-state index is 13.0. The highest BCUT2D eigenvalue weighted by Gasteiger charge is 2.61. The molecule has 29 heavy (non-hydrogen) atoms. The monoisotopic (exact) mass is 389 g/mol. The third-order valence-electron chi connectivity index (χ3n) is 7.03. The number of imide groups is 1. The highest BCUT2D eigenvalue weighted by molar-refractivity contribution is 6.22. The van der Waals surface area contributed by atoms with Crippen LogP contribution in [-0.2, 0) is 9.59 Å². The Labute approximate surface area is 169 Å². The number of benzene rings is 2. The number of hydrogen-bond acceptors (Lipinski definition) is 4. The molecule has 4 atom stereocenters. The van der Waals surface area contributed by atoms with Crippen molar-refractivity contribution in [3.8, 4) is 5.75 Å². The van der Waals surface area contributed by atoms with Crippen molar-refractivity contribution in [2.75, 3.05) is 4.90 Å². The summed E-state index contributed by atoms with van der Waals surface area (Å²) < 4.78 is 5.57. The van der Waals surface area contributed by atoms with Gasteiger partial charge in [-0.1, -0.05) is 18.2 Å². The molecule has 5 nitrogen and oxygen atoms in total. The Bertz CT molecular complexity index is 1010. The van der Waals surface area contributed by atoms with Gasteiger partial charge >= 0.3 is 5.97 Å². The lowest BCUT2D eigenvalue weighted by molar-refractivity contribution is -0.123. The number of aryl methyl sites for hydroxylation is 1. The van der Waals surface area contributed by atoms with Crippen molar-refractivity contribution < 1.29 is 19.1 Å². The SMILES string of the molecule is Cc1cccc(OC(=O)c2cccc(N3C(=O)[C@H]4[C@H]5CC[C@@H](C5)[C@@H]4C3=O)c2)c1C. The molecular weight excluding hydrogens is 366 g/mol. The number of hydrogen-bond donors (Lipinski definition) is 0. The zero-order valence-electron chi connectivity index (χ0n) is 16.6. The Hall–Kier alpha value is -2.95. The average molecular weight is 389 g/mol. The molecule has 0 N–H and O–H groups in total. The molecule has 5 heteroatoms. The molecule has 2 amide bonds. The molecule has 3 aliphatic rings. The van der Waals surface area contributed by atoms with Crippen molar-refractivity contribution in [2.24, 2.45) is 23.7 Å². The van der Waals surface area contributed by atoms with Gasteiger partial charge in [-0.25, -0.2) is 4.79 Å². The first-order chi connectivity index (χ1) is 14.0. The summed E-state index contributed by atoms with van der Waals surface area (Å²) >= 11 is 0. The Morgan fingerprint density at radius 1 is 0.966 bits per heavy atom. The van der Waals surface area contributed by atoms with Gasteiger partial charge in [0.25, 0.3) is 0 Å². The van der Waals surface area contributed by atoms with Crippen LogP contribution in [0.3, 0.4) is 0 Å². The van der Waals surface area contributed by atoms with Crippen molar-refractivity contribution in [3.05, 3.63) is 59.2 Å². The second-order valence-electron chi connectivity index (χ2n) is 8.53. The number of amides is 2. The number of esters is 1. The lowest BCUT2D eigenvalue weighted by atomic mass is 9.81. The van der Waals surface area contributed by atoms with Crippen molar-refractivity contribution in [2.45, 2.75) is 33.1 Å². The molecule has 0 aromatic heterocycles. The maximum absolute atomic E-state index is 13.0. The van der Waals surface area contributed by atoms with Crippen LogP contribution in [0, 0.1) is 37.5 Å². The zero-order chi connectivity index (χ0) is 20.3. The normalized spacial score (nSPS) is 27.4. The summed E-state index contributed by atoms with van der Waals surface area (Å²) in [6.07, 6.45) is 3.09. The smallest absolute Gasteiger partial charge is 0.343 e. The van der Waals surface area contributed by atoms with Crippen LogP contribution in [0.4, 0.5) is 5.69 Å². The van der Waals surface area contributed by atoms with Gasteiger partial charge in [-0.2, -0.15) is 0 Å². The van der Waals surface area contributed by atoms with Crippen LogP contribution in [0.2, 0.25) is 0 Å². The number of ether oxygens (including phenoxy) is 1. The number of carbonyl (C=O) groups is 3. The second-order valence-corrected chi connectivity index (χ2v) is 8.53. The standard InChI is InChI=1S/C24H23NO4/c1-13-5-3-8-19(14(13)2)29-24(28)17-6-4-7-18(12-17)25-22(26)20-15-9-10-16(11-15)21(20)23(25)27/h3-8,12,15-16,20-21H,9-11H2,1-2H3/t15-,16-,20-,21-/m0/s1. The first-order valence-corrected chi connectivity index (χ1v) is 10.2. The van der Waals surface area contributed by atoms with Gasteiger partial charge in [0, 0.05) is 0 Å². The van der Waals surface area contributed by atoms with E-state index in [9.17, 15) is 14.4 Å². The quantitative estimate of drug-likeness (QED) is 0.451. The van der Waals surface area contributed by atoms with Gasteiger partial charge in [-0.15, -0.1) is 0 Å². The van der Waals surface area contributed by atoms with E-state index < -0.39 is 5.97 Å². The van der Waals surface area contributed by atoms with E-state index in [4.69, 9.17) is 4.74 Å². The van der Waals surface area contributed by atoms with Gasteiger partial charge in [0.2, 0.25) is 11.8 Å². The van der Waals surface area contributed by atoms with Crippen molar-refractivity contribution >= 4 is 23.5 Å². The first-order valence-electron chi connectivity index (χ1n) is 10.2. The fraction of sp³-hybridized carbons (Fsp3) is 0.375. The highest BCUT2D eigenvalue weighted by Crippen LogP contribution is 2.56. The number of nitrogens with zero attached hydrogens (tertiary/aromatic N) is 1. The second kappa shape index (κ2) is 6.55. The van der Waals surface area contributed by atoms with Crippen LogP contribution >= 0.6 is 0 Å². The summed E-state index contributed by atoms with van der Waals surface area (Å²) in [5.41, 5.74) is 2.73. The summed E-state index contributed by atoms with van der Waals surface area (Å²) in [7, 11) is 0. The van der Waals surface area contributed by atoms with Gasteiger partial charge in [-0.3, -0.25) is 14.5 Å². The maximum Gasteiger partial charge on any atom is 0.343 e. The van der Waals surface area contributed by atoms with Crippen LogP contribution in [-0.4, -0.2) is 17.8 Å². The molecule has 2 aliphatic carbocycles. The van der Waals surface area contributed by atoms with Gasteiger partial charge in [0.15, 0.2) is 0 Å². The van der Waals surface area contributed by atoms with E-state index in [1.54, 1.807) is 30.3 Å². The predicted octanol–water partition coefficient (Wildman–Crippen LogP) is 4.06. The number of fused-ring (bicyclic) bond motifs is 5. The minimum Gasteiger partial charge on any atom is -0.423 e. The highest BCUT2D eigenvalue weighted by atomic mass is 16.5. The lowest BCUT2D eigenvalue weighted by Crippen LogP contribution is -2.32. The van der Waals surface area contributed by atoms with Crippen molar-refractivity contribution in [1.29, 1.82) is 0 Å². The molecule has 2 saturated carbocycles. The van der Waals surface area contributed by atoms with Gasteiger partial charge in [-0.05, 0) is 80.3 Å². The van der Waals surface area contributed by atoms with Crippen LogP contribution in [0.25, 0.3) is 0 Å². The molecule has 2 bridgehead atoms. The number of anilines is 1. The fourth-order valence-corrected chi connectivity index (χ4v) is 5.43. The van der Waals surface area contributed by atoms with Crippen molar-refractivity contribution in [1.82, 2.24) is 0 Å². The fourth-order valence-electron chi connectivity index (χ4n) is 5.43. The van der Waals surface area contributed by atoms with Gasteiger partial charge < -0.3 is 4.74 Å². The number of carbonyl (C=O) groups excluding carboxylic acids is 3. The van der Waals surface area contributed by atoms with Crippen LogP contribution in [0.1, 0.15) is 40.7 Å². The minimum absolute atomic E-state index is 0.104. The molecule has 1 heterocycles. The van der Waals surface area contributed by atoms with Crippen LogP contribution in [0.15, 0.2) is 42.5 Å². The van der Waals surface area contributed by atoms with E-state index in [0.717, 1.165) is 30.4 Å². The molecule has 2 aromatic rings. The molecule has 3 fully saturated rings. The molecule has 1 saturated heterocycles. The summed E-state index contributed by atoms with van der Waals surface area (Å²) in [6.45, 7) is 3.87. The van der Waals surface area contributed by atoms with Gasteiger partial charge in [0.05, 0.1) is 23.1 Å².